The highest BCUT2D eigenvalue weighted by atomic mass is 35.5. The molecule has 0 aromatic heterocycles. The third-order valence-corrected chi connectivity index (χ3v) is 11.2. The topological polar surface area (TPSA) is 183 Å². The molecule has 6 rings (SSSR count). The third kappa shape index (κ3) is 19.8. The summed E-state index contributed by atoms with van der Waals surface area (Å²) in [4.78, 5) is 75.9. The van der Waals surface area contributed by atoms with Crippen molar-refractivity contribution >= 4 is 69.8 Å². The molecule has 72 heavy (non-hydrogen) atoms. The molecule has 0 heterocycles. The number of para-hydroxylation sites is 1. The monoisotopic (exact) mass is 1010 g/mol. The molecule has 0 aliphatic carbocycles. The van der Waals surface area contributed by atoms with Crippen molar-refractivity contribution in [2.75, 3.05) is 5.73 Å². The van der Waals surface area contributed by atoms with Gasteiger partial charge in [0.05, 0.1) is 40.0 Å². The molecule has 2 unspecified atom stereocenters. The molecule has 0 radical (unpaired) electrons. The Morgan fingerprint density at radius 3 is 1.33 bits per heavy atom. The van der Waals surface area contributed by atoms with Gasteiger partial charge < -0.3 is 25.8 Å². The molecular formula is C58H62Cl2N4O8. The van der Waals surface area contributed by atoms with Gasteiger partial charge in [0.2, 0.25) is 6.08 Å². The van der Waals surface area contributed by atoms with Crippen LogP contribution in [0.25, 0.3) is 0 Å². The molecule has 4 N–H and O–H groups in total. The van der Waals surface area contributed by atoms with Crippen LogP contribution in [0.1, 0.15) is 97.4 Å². The van der Waals surface area contributed by atoms with E-state index in [4.69, 9.17) is 38.4 Å². The zero-order chi connectivity index (χ0) is 52.6. The summed E-state index contributed by atoms with van der Waals surface area (Å²) in [6.45, 7) is 11.1. The highest BCUT2D eigenvalue weighted by Crippen LogP contribution is 2.28. The zero-order valence-corrected chi connectivity index (χ0v) is 43.0. The van der Waals surface area contributed by atoms with Crippen LogP contribution in [0.3, 0.4) is 0 Å². The number of hydrogen-bond donors (Lipinski definition) is 3. The number of carbonyl (C=O) groups excluding carboxylic acids is 6. The standard InChI is InChI=1S/C30H32ClNO4.C21H25ClN2O3.C7H5NO/c1-4-28(34)27(32-30(35)24-14-15-29(26(31)19-24)36-20(2)3)18-23-12-10-22(11-13-23)17-25(33)16-21-8-6-5-7-9-21;1-4-19(25)18(11-14-5-8-16(23)9-6-14)24-21(26)15-7-10-20(17(22)12-15)27-13(2)3;9-6-8-7-4-2-1-3-5-7/h5-15,19-20,27H,4,16-18H2,1-3H3,(H,32,35);5-10,12-13,18H,4,11,23H2,1-3H3,(H,24,26);1-5H. The molecule has 0 saturated carbocycles. The van der Waals surface area contributed by atoms with Gasteiger partial charge in [-0.15, -0.1) is 0 Å². The van der Waals surface area contributed by atoms with Crippen molar-refractivity contribution in [3.05, 3.63) is 189 Å². The number of anilines is 1. The van der Waals surface area contributed by atoms with Gasteiger partial charge >= 0.3 is 0 Å². The molecular weight excluding hydrogens is 952 g/mol. The van der Waals surface area contributed by atoms with Crippen molar-refractivity contribution in [2.45, 2.75) is 104 Å². The Morgan fingerprint density at radius 2 is 0.944 bits per heavy atom. The first-order valence-electron chi connectivity index (χ1n) is 23.7. The van der Waals surface area contributed by atoms with Crippen LogP contribution in [0.15, 0.2) is 151 Å². The Bertz CT molecular complexity index is 2760. The van der Waals surface area contributed by atoms with Crippen molar-refractivity contribution in [2.24, 2.45) is 4.99 Å². The summed E-state index contributed by atoms with van der Waals surface area (Å²) < 4.78 is 11.2. The van der Waals surface area contributed by atoms with E-state index >= 15 is 0 Å². The van der Waals surface area contributed by atoms with E-state index in [1.807, 2.05) is 113 Å². The summed E-state index contributed by atoms with van der Waals surface area (Å²) in [6, 6.07) is 41.9. The highest BCUT2D eigenvalue weighted by molar-refractivity contribution is 6.32. The van der Waals surface area contributed by atoms with E-state index in [2.05, 4.69) is 15.6 Å². The van der Waals surface area contributed by atoms with Gasteiger partial charge in [-0.3, -0.25) is 24.0 Å². The number of nitrogen functional groups attached to an aromatic ring is 1. The number of isocyanates is 1. The van der Waals surface area contributed by atoms with E-state index < -0.39 is 12.1 Å². The van der Waals surface area contributed by atoms with Crippen LogP contribution >= 0.6 is 23.2 Å². The predicted octanol–water partition coefficient (Wildman–Crippen LogP) is 11.5. The van der Waals surface area contributed by atoms with Crippen LogP contribution in [0, 0.1) is 0 Å². The lowest BCUT2D eigenvalue weighted by atomic mass is 9.97. The second kappa shape index (κ2) is 29.7. The SMILES string of the molecule is CCC(=O)C(Cc1ccc(CC(=O)Cc2ccccc2)cc1)NC(=O)c1ccc(OC(C)C)c(Cl)c1.CCC(=O)C(Cc1ccc(N)cc1)NC(=O)c1ccc(OC(C)C)c(Cl)c1.O=C=Nc1ccccc1. The number of aliphatic imine (C=N–C) groups is 1. The van der Waals surface area contributed by atoms with Gasteiger partial charge in [-0.25, -0.2) is 4.79 Å². The van der Waals surface area contributed by atoms with Crippen molar-refractivity contribution in [1.29, 1.82) is 0 Å². The molecule has 2 amide bonds. The smallest absolute Gasteiger partial charge is 0.251 e. The number of nitrogens with two attached hydrogens (primary N) is 1. The van der Waals surface area contributed by atoms with Crippen LogP contribution in [0.5, 0.6) is 11.5 Å². The highest BCUT2D eigenvalue weighted by Gasteiger charge is 2.23. The fraction of sp³-hybridized carbons (Fsp3) is 0.276. The molecule has 14 heteroatoms. The van der Waals surface area contributed by atoms with Crippen LogP contribution < -0.4 is 25.8 Å². The van der Waals surface area contributed by atoms with E-state index in [0.717, 1.165) is 22.3 Å². The quantitative estimate of drug-likeness (QED) is 0.0359. The number of Topliss-reactive ketones (excluding diaryl/α,β-unsaturated/α-hetero) is 3. The average Bonchev–Trinajstić information content (AvgIpc) is 3.36. The zero-order valence-electron chi connectivity index (χ0n) is 41.5. The van der Waals surface area contributed by atoms with Crippen LogP contribution in [0.2, 0.25) is 10.0 Å². The minimum Gasteiger partial charge on any atom is -0.489 e. The maximum atomic E-state index is 12.9. The lowest BCUT2D eigenvalue weighted by Gasteiger charge is -2.18. The number of nitrogens with zero attached hydrogens (tertiary/aromatic N) is 1. The Hall–Kier alpha value is -7.37. The molecule has 0 spiro atoms. The number of halogens is 2. The molecule has 0 bridgehead atoms. The predicted molar refractivity (Wildman–Crippen MR) is 285 cm³/mol. The minimum absolute atomic E-state index is 0.0198. The van der Waals surface area contributed by atoms with Crippen molar-refractivity contribution < 1.29 is 38.2 Å². The maximum absolute atomic E-state index is 12.9. The first-order chi connectivity index (χ1) is 34.5. The van der Waals surface area contributed by atoms with Gasteiger partial charge in [0.15, 0.2) is 11.6 Å². The molecule has 0 aliphatic heterocycles. The first-order valence-corrected chi connectivity index (χ1v) is 24.4. The first kappa shape index (κ1) is 57.2. The molecule has 0 fully saturated rings. The van der Waals surface area contributed by atoms with E-state index in [1.54, 1.807) is 74.5 Å². The summed E-state index contributed by atoms with van der Waals surface area (Å²) in [5.74, 6) is 0.349. The van der Waals surface area contributed by atoms with Crippen LogP contribution in [0.4, 0.5) is 11.4 Å². The fourth-order valence-corrected chi connectivity index (χ4v) is 7.49. The molecule has 0 aliphatic rings. The van der Waals surface area contributed by atoms with Gasteiger partial charge in [0.25, 0.3) is 11.8 Å². The van der Waals surface area contributed by atoms with Crippen LogP contribution in [-0.2, 0) is 44.9 Å². The number of ether oxygens (including phenoxy) is 2. The van der Waals surface area contributed by atoms with Gasteiger partial charge in [-0.05, 0) is 123 Å². The minimum atomic E-state index is -0.668. The Labute approximate surface area is 432 Å². The number of nitrogens with one attached hydrogen (secondary N) is 2. The van der Waals surface area contributed by atoms with E-state index in [9.17, 15) is 28.8 Å². The van der Waals surface area contributed by atoms with Crippen LogP contribution in [-0.4, -0.2) is 59.5 Å². The summed E-state index contributed by atoms with van der Waals surface area (Å²) in [5.41, 5.74) is 11.5. The number of carbonyl (C=O) groups is 5. The number of ketones is 3. The molecule has 0 saturated heterocycles. The van der Waals surface area contributed by atoms with Crippen molar-refractivity contribution in [3.63, 3.8) is 0 Å². The maximum Gasteiger partial charge on any atom is 0.251 e. The Balaban J connectivity index is 0.000000273. The number of amides is 2. The average molecular weight is 1010 g/mol. The van der Waals surface area contributed by atoms with Gasteiger partial charge in [-0.2, -0.15) is 4.99 Å². The van der Waals surface area contributed by atoms with E-state index in [0.29, 0.717) is 82.6 Å². The largest absolute Gasteiger partial charge is 0.489 e. The Kier molecular flexibility index (Phi) is 23.6. The van der Waals surface area contributed by atoms with E-state index in [-0.39, 0.29) is 41.4 Å². The number of rotatable bonds is 21. The van der Waals surface area contributed by atoms with Crippen molar-refractivity contribution in [1.82, 2.24) is 10.6 Å². The molecule has 6 aromatic carbocycles. The van der Waals surface area contributed by atoms with Gasteiger partial charge in [0, 0.05) is 42.5 Å². The molecule has 12 nitrogen and oxygen atoms in total. The number of benzene rings is 6. The van der Waals surface area contributed by atoms with Gasteiger partial charge in [0.1, 0.15) is 17.3 Å². The summed E-state index contributed by atoms with van der Waals surface area (Å²) >= 11 is 12.5. The lowest BCUT2D eigenvalue weighted by Crippen LogP contribution is -2.42. The molecule has 2 atom stereocenters. The normalized spacial score (nSPS) is 11.3. The second-order valence-electron chi connectivity index (χ2n) is 17.2. The summed E-state index contributed by atoms with van der Waals surface area (Å²) in [6.07, 6.45) is 3.55. The lowest BCUT2D eigenvalue weighted by molar-refractivity contribution is -0.121. The van der Waals surface area contributed by atoms with Crippen molar-refractivity contribution in [3.8, 4) is 11.5 Å². The third-order valence-electron chi connectivity index (χ3n) is 10.7. The molecule has 6 aromatic rings. The summed E-state index contributed by atoms with van der Waals surface area (Å²) in [5, 5.41) is 6.36. The fourth-order valence-electron chi connectivity index (χ4n) is 7.04. The summed E-state index contributed by atoms with van der Waals surface area (Å²) in [7, 11) is 0. The second-order valence-corrected chi connectivity index (χ2v) is 18.0. The van der Waals surface area contributed by atoms with E-state index in [1.165, 1.54) is 6.08 Å². The van der Waals surface area contributed by atoms with Gasteiger partial charge in [-0.1, -0.05) is 122 Å². The Morgan fingerprint density at radius 1 is 0.556 bits per heavy atom. The number of hydrogen-bond acceptors (Lipinski definition) is 10. The molecule has 376 valence electrons.